The maximum Gasteiger partial charge on any atom is 0.328 e. The van der Waals surface area contributed by atoms with Crippen LogP contribution in [0, 0.1) is 0 Å². The van der Waals surface area contributed by atoms with Crippen LogP contribution >= 0.6 is 0 Å². The van der Waals surface area contributed by atoms with Gasteiger partial charge in [-0.1, -0.05) is 0 Å². The molecule has 7 heteroatoms. The SMILES string of the molecule is CNCc1c(/N=C(\C)[O-])on[n+]1N1CCCCC1. The Kier molecular flexibility index (Phi) is 4.14. The molecule has 18 heavy (non-hydrogen) atoms. The van der Waals surface area contributed by atoms with Gasteiger partial charge in [-0.05, 0) is 39.1 Å². The lowest BCUT2D eigenvalue weighted by atomic mass is 10.2. The molecule has 1 aromatic rings. The average molecular weight is 253 g/mol. The second-order valence-corrected chi connectivity index (χ2v) is 4.39. The van der Waals surface area contributed by atoms with E-state index in [1.165, 1.54) is 13.3 Å². The molecular formula is C11H19N5O2. The highest BCUT2D eigenvalue weighted by atomic mass is 16.5. The smallest absolute Gasteiger partial charge is 0.328 e. The number of rotatable bonds is 4. The van der Waals surface area contributed by atoms with Crippen molar-refractivity contribution in [2.24, 2.45) is 4.99 Å². The molecule has 0 amide bonds. The Hall–Kier alpha value is -1.63. The molecule has 0 spiro atoms. The van der Waals surface area contributed by atoms with Gasteiger partial charge in [0, 0.05) is 0 Å². The van der Waals surface area contributed by atoms with Crippen LogP contribution in [-0.4, -0.2) is 31.3 Å². The first-order chi connectivity index (χ1) is 8.72. The summed E-state index contributed by atoms with van der Waals surface area (Å²) in [6.45, 7) is 3.86. The van der Waals surface area contributed by atoms with Crippen molar-refractivity contribution in [2.75, 3.05) is 25.1 Å². The number of hydrogen-bond donors (Lipinski definition) is 1. The zero-order chi connectivity index (χ0) is 13.0. The van der Waals surface area contributed by atoms with Gasteiger partial charge in [-0.15, -0.1) is 0 Å². The number of piperidine rings is 1. The summed E-state index contributed by atoms with van der Waals surface area (Å²) in [6.07, 6.45) is 3.55. The van der Waals surface area contributed by atoms with E-state index in [0.29, 0.717) is 12.4 Å². The zero-order valence-corrected chi connectivity index (χ0v) is 10.8. The molecule has 0 atom stereocenters. The summed E-state index contributed by atoms with van der Waals surface area (Å²) in [4.78, 5) is 5.57. The Bertz CT molecular complexity index is 419. The van der Waals surface area contributed by atoms with Gasteiger partial charge in [0.2, 0.25) is 5.27 Å². The molecule has 1 N–H and O–H groups in total. The Balaban J connectivity index is 2.28. The van der Waals surface area contributed by atoms with E-state index in [1.807, 2.05) is 7.05 Å². The van der Waals surface area contributed by atoms with Gasteiger partial charge in [-0.25, -0.2) is 4.99 Å². The van der Waals surface area contributed by atoms with E-state index in [9.17, 15) is 5.11 Å². The molecule has 1 aliphatic rings. The Labute approximate surface area is 106 Å². The molecule has 100 valence electrons. The van der Waals surface area contributed by atoms with Gasteiger partial charge in [0.1, 0.15) is 0 Å². The van der Waals surface area contributed by atoms with Crippen molar-refractivity contribution in [3.05, 3.63) is 5.69 Å². The summed E-state index contributed by atoms with van der Waals surface area (Å²) in [7, 11) is 1.84. The summed E-state index contributed by atoms with van der Waals surface area (Å²) >= 11 is 0. The molecule has 1 aliphatic heterocycles. The highest BCUT2D eigenvalue weighted by Gasteiger charge is 2.30. The number of nitrogens with one attached hydrogen (secondary N) is 1. The second kappa shape index (κ2) is 5.81. The predicted molar refractivity (Wildman–Crippen MR) is 64.0 cm³/mol. The molecule has 7 nitrogen and oxygen atoms in total. The van der Waals surface area contributed by atoms with E-state index in [4.69, 9.17) is 4.52 Å². The van der Waals surface area contributed by atoms with Crippen LogP contribution in [0.2, 0.25) is 0 Å². The van der Waals surface area contributed by atoms with E-state index >= 15 is 0 Å². The summed E-state index contributed by atoms with van der Waals surface area (Å²) in [5.41, 5.74) is 0.787. The molecule has 0 saturated carbocycles. The van der Waals surface area contributed by atoms with E-state index in [1.54, 1.807) is 4.79 Å². The van der Waals surface area contributed by atoms with Crippen LogP contribution in [0.1, 0.15) is 31.9 Å². The van der Waals surface area contributed by atoms with Crippen LogP contribution in [0.5, 0.6) is 0 Å². The normalized spacial score (nSPS) is 17.2. The first-order valence-electron chi connectivity index (χ1n) is 6.25. The first-order valence-corrected chi connectivity index (χ1v) is 6.25. The molecule has 0 aliphatic carbocycles. The van der Waals surface area contributed by atoms with Gasteiger partial charge in [-0.3, -0.25) is 4.52 Å². The summed E-state index contributed by atoms with van der Waals surface area (Å²) < 4.78 is 5.16. The lowest BCUT2D eigenvalue weighted by Crippen LogP contribution is -2.63. The van der Waals surface area contributed by atoms with Crippen molar-refractivity contribution in [1.29, 1.82) is 0 Å². The highest BCUT2D eigenvalue weighted by Crippen LogP contribution is 2.15. The third kappa shape index (κ3) is 2.79. The maximum absolute atomic E-state index is 11.1. The van der Waals surface area contributed by atoms with Gasteiger partial charge in [0.05, 0.1) is 24.4 Å². The fourth-order valence-corrected chi connectivity index (χ4v) is 2.10. The maximum atomic E-state index is 11.1. The summed E-state index contributed by atoms with van der Waals surface area (Å²) in [5, 5.41) is 20.2. The molecule has 0 radical (unpaired) electrons. The standard InChI is InChI=1S/C11H19N5O2/c1-9(17)13-11-10(8-12-2)16(14-18-11)15-6-4-3-5-7-15/h12H,3-8H2,1-2H3. The topological polar surface area (TPSA) is 80.6 Å². The van der Waals surface area contributed by atoms with Crippen molar-refractivity contribution < 1.29 is 14.4 Å². The predicted octanol–water partition coefficient (Wildman–Crippen LogP) is -0.786. The van der Waals surface area contributed by atoms with Crippen LogP contribution in [0.4, 0.5) is 5.88 Å². The Morgan fingerprint density at radius 1 is 1.50 bits per heavy atom. The van der Waals surface area contributed by atoms with Gasteiger partial charge in [-0.2, -0.15) is 5.01 Å². The van der Waals surface area contributed by atoms with Crippen LogP contribution in [0.25, 0.3) is 0 Å². The van der Waals surface area contributed by atoms with E-state index in [-0.39, 0.29) is 5.90 Å². The van der Waals surface area contributed by atoms with E-state index in [0.717, 1.165) is 31.6 Å². The lowest BCUT2D eigenvalue weighted by molar-refractivity contribution is -0.765. The first kappa shape index (κ1) is 12.8. The van der Waals surface area contributed by atoms with Gasteiger partial charge < -0.3 is 10.4 Å². The van der Waals surface area contributed by atoms with E-state index in [2.05, 4.69) is 20.6 Å². The van der Waals surface area contributed by atoms with Gasteiger partial charge in [0.15, 0.2) is 0 Å². The van der Waals surface area contributed by atoms with Crippen LogP contribution < -0.4 is 20.2 Å². The fourth-order valence-electron chi connectivity index (χ4n) is 2.10. The average Bonchev–Trinajstić information content (AvgIpc) is 2.73. The minimum atomic E-state index is -0.283. The third-order valence-corrected chi connectivity index (χ3v) is 2.90. The van der Waals surface area contributed by atoms with Crippen LogP contribution in [0.15, 0.2) is 9.52 Å². The minimum Gasteiger partial charge on any atom is -0.862 e. The molecule has 2 heterocycles. The minimum absolute atomic E-state index is 0.283. The van der Waals surface area contributed by atoms with Crippen molar-refractivity contribution in [2.45, 2.75) is 32.7 Å². The van der Waals surface area contributed by atoms with Gasteiger partial charge >= 0.3 is 11.6 Å². The Morgan fingerprint density at radius 3 is 2.83 bits per heavy atom. The molecule has 1 aromatic heterocycles. The number of nitrogens with zero attached hydrogens (tertiary/aromatic N) is 4. The Morgan fingerprint density at radius 2 is 2.22 bits per heavy atom. The number of aliphatic imine (C=N–C) groups is 1. The number of aromatic nitrogens is 2. The molecule has 1 saturated heterocycles. The number of hydrogen-bond acceptors (Lipinski definition) is 6. The summed E-state index contributed by atoms with van der Waals surface area (Å²) in [5.74, 6) is 0.0109. The molecule has 0 bridgehead atoms. The molecule has 1 fully saturated rings. The van der Waals surface area contributed by atoms with E-state index < -0.39 is 0 Å². The molecule has 0 aromatic carbocycles. The monoisotopic (exact) mass is 253 g/mol. The molecule has 0 unspecified atom stereocenters. The zero-order valence-electron chi connectivity index (χ0n) is 10.8. The van der Waals surface area contributed by atoms with Crippen molar-refractivity contribution in [3.63, 3.8) is 0 Å². The third-order valence-electron chi connectivity index (χ3n) is 2.90. The van der Waals surface area contributed by atoms with Crippen molar-refractivity contribution >= 4 is 11.8 Å². The lowest BCUT2D eigenvalue weighted by Gasteiger charge is -2.19. The second-order valence-electron chi connectivity index (χ2n) is 4.39. The molecular weight excluding hydrogens is 234 g/mol. The largest absolute Gasteiger partial charge is 0.862 e. The van der Waals surface area contributed by atoms with Crippen LogP contribution in [-0.2, 0) is 6.54 Å². The molecule has 2 rings (SSSR count). The fraction of sp³-hybridized carbons (Fsp3) is 0.727. The summed E-state index contributed by atoms with van der Waals surface area (Å²) in [6, 6.07) is 0. The highest BCUT2D eigenvalue weighted by molar-refractivity contribution is 5.71. The van der Waals surface area contributed by atoms with Crippen molar-refractivity contribution in [3.8, 4) is 0 Å². The quantitative estimate of drug-likeness (QED) is 0.432. The van der Waals surface area contributed by atoms with Crippen molar-refractivity contribution in [1.82, 2.24) is 10.6 Å². The van der Waals surface area contributed by atoms with Crippen LogP contribution in [0.3, 0.4) is 0 Å². The van der Waals surface area contributed by atoms with Gasteiger partial charge in [0.25, 0.3) is 0 Å².